The molecule has 0 saturated carbocycles. The molecule has 0 saturated heterocycles. The van der Waals surface area contributed by atoms with Gasteiger partial charge < -0.3 is 9.88 Å². The van der Waals surface area contributed by atoms with Crippen LogP contribution in [-0.2, 0) is 23.0 Å². The van der Waals surface area contributed by atoms with E-state index in [4.69, 9.17) is 5.14 Å². The monoisotopic (exact) mass is 376 g/mol. The van der Waals surface area contributed by atoms with Gasteiger partial charge in [0.05, 0.1) is 17.1 Å². The number of amides is 1. The van der Waals surface area contributed by atoms with Gasteiger partial charge in [-0.1, -0.05) is 0 Å². The van der Waals surface area contributed by atoms with Crippen molar-refractivity contribution in [2.75, 3.05) is 6.54 Å². The Kier molecular flexibility index (Phi) is 4.45. The first-order valence-electron chi connectivity index (χ1n) is 8.10. The van der Waals surface area contributed by atoms with E-state index < -0.39 is 10.0 Å². The van der Waals surface area contributed by atoms with Gasteiger partial charge in [0.1, 0.15) is 5.82 Å². The Hall–Kier alpha value is -2.52. The zero-order valence-electron chi connectivity index (χ0n) is 14.8. The van der Waals surface area contributed by atoms with Crippen LogP contribution in [0, 0.1) is 20.8 Å². The molecule has 1 aliphatic rings. The van der Waals surface area contributed by atoms with Crippen LogP contribution in [0.2, 0.25) is 0 Å². The van der Waals surface area contributed by atoms with E-state index >= 15 is 0 Å². The van der Waals surface area contributed by atoms with E-state index in [-0.39, 0.29) is 28.5 Å². The molecule has 3 N–H and O–H groups in total. The summed E-state index contributed by atoms with van der Waals surface area (Å²) in [4.78, 5) is 33.4. The number of aromatic nitrogens is 2. The van der Waals surface area contributed by atoms with Gasteiger partial charge in [0.15, 0.2) is 0 Å². The van der Waals surface area contributed by atoms with Crippen molar-refractivity contribution in [1.82, 2.24) is 14.9 Å². The lowest BCUT2D eigenvalue weighted by Crippen LogP contribution is -2.39. The number of benzene rings is 1. The Morgan fingerprint density at radius 1 is 1.27 bits per heavy atom. The molecule has 1 aromatic carbocycles. The second-order valence-corrected chi connectivity index (χ2v) is 8.04. The first-order valence-corrected chi connectivity index (χ1v) is 9.64. The normalized spacial score (nSPS) is 14.2. The molecule has 0 spiro atoms. The van der Waals surface area contributed by atoms with Gasteiger partial charge in [0.2, 0.25) is 10.0 Å². The predicted octanol–water partition coefficient (Wildman–Crippen LogP) is 0.541. The van der Waals surface area contributed by atoms with Crippen LogP contribution >= 0.6 is 0 Å². The number of H-pyrrole nitrogens is 1. The minimum atomic E-state index is -3.93. The topological polar surface area (TPSA) is 126 Å². The largest absolute Gasteiger partial charge is 0.332 e. The van der Waals surface area contributed by atoms with E-state index in [9.17, 15) is 18.0 Å². The molecule has 8 nitrogen and oxygen atoms in total. The summed E-state index contributed by atoms with van der Waals surface area (Å²) in [6, 6.07) is 2.96. The molecule has 1 aromatic heterocycles. The first-order chi connectivity index (χ1) is 12.1. The lowest BCUT2D eigenvalue weighted by molar-refractivity contribution is 0.0730. The van der Waals surface area contributed by atoms with Crippen molar-refractivity contribution in [3.63, 3.8) is 0 Å². The number of hydrogen-bond donors (Lipinski definition) is 2. The van der Waals surface area contributed by atoms with Crippen molar-refractivity contribution in [2.45, 2.75) is 38.6 Å². The van der Waals surface area contributed by atoms with Gasteiger partial charge in [-0.05, 0) is 50.5 Å². The maximum Gasteiger partial charge on any atom is 0.254 e. The number of nitrogens with zero attached hydrogens (tertiary/aromatic N) is 2. The Labute approximate surface area is 151 Å². The molecule has 9 heteroatoms. The third-order valence-electron chi connectivity index (χ3n) is 4.65. The molecule has 1 aliphatic heterocycles. The number of carbonyl (C=O) groups is 1. The number of nitrogens with one attached hydrogen (secondary N) is 1. The summed E-state index contributed by atoms with van der Waals surface area (Å²) < 4.78 is 23.6. The number of sulfonamides is 1. The molecule has 0 bridgehead atoms. The van der Waals surface area contributed by atoms with E-state index in [1.165, 1.54) is 6.07 Å². The molecule has 0 radical (unpaired) electrons. The maximum atomic E-state index is 12.9. The van der Waals surface area contributed by atoms with Crippen LogP contribution in [-0.4, -0.2) is 35.7 Å². The summed E-state index contributed by atoms with van der Waals surface area (Å²) in [5.74, 6) is 0.175. The predicted molar refractivity (Wildman–Crippen MR) is 95.3 cm³/mol. The number of aryl methyl sites for hydroxylation is 2. The summed E-state index contributed by atoms with van der Waals surface area (Å²) in [6.45, 7) is 5.63. The second kappa shape index (κ2) is 6.33. The highest BCUT2D eigenvalue weighted by Crippen LogP contribution is 2.23. The Morgan fingerprint density at radius 2 is 1.96 bits per heavy atom. The van der Waals surface area contributed by atoms with E-state index in [1.54, 1.807) is 31.7 Å². The highest BCUT2D eigenvalue weighted by atomic mass is 32.2. The quantitative estimate of drug-likeness (QED) is 0.791. The third kappa shape index (κ3) is 3.27. The average molecular weight is 376 g/mol. The van der Waals surface area contributed by atoms with Crippen LogP contribution in [0.3, 0.4) is 0 Å². The second-order valence-electron chi connectivity index (χ2n) is 6.51. The molecular formula is C17H20N4O4S. The third-order valence-corrected chi connectivity index (χ3v) is 5.69. The number of rotatable bonds is 2. The zero-order valence-corrected chi connectivity index (χ0v) is 15.6. The average Bonchev–Trinajstić information content (AvgIpc) is 2.54. The number of nitrogens with two attached hydrogens (primary N) is 1. The number of hydrogen-bond acceptors (Lipinski definition) is 5. The van der Waals surface area contributed by atoms with Gasteiger partial charge >= 0.3 is 0 Å². The van der Waals surface area contributed by atoms with Crippen LogP contribution in [0.5, 0.6) is 0 Å². The van der Waals surface area contributed by atoms with Crippen molar-refractivity contribution in [1.29, 1.82) is 0 Å². The molecule has 0 fully saturated rings. The van der Waals surface area contributed by atoms with Crippen molar-refractivity contribution < 1.29 is 13.2 Å². The SMILES string of the molecule is Cc1nc2c(c(=O)[nH]1)CCN(C(=O)c1cc(C)c(C)c(S(N)(=O)=O)c1)C2. The van der Waals surface area contributed by atoms with Crippen molar-refractivity contribution in [3.05, 3.63) is 56.3 Å². The van der Waals surface area contributed by atoms with Gasteiger partial charge in [-0.3, -0.25) is 9.59 Å². The van der Waals surface area contributed by atoms with Gasteiger partial charge in [-0.25, -0.2) is 18.5 Å². The number of fused-ring (bicyclic) bond motifs is 1. The minimum Gasteiger partial charge on any atom is -0.332 e. The molecule has 2 aromatic rings. The van der Waals surface area contributed by atoms with Crippen LogP contribution in [0.1, 0.15) is 38.6 Å². The summed E-state index contributed by atoms with van der Waals surface area (Å²) >= 11 is 0. The molecule has 26 heavy (non-hydrogen) atoms. The molecule has 1 amide bonds. The standard InChI is InChI=1S/C17H20N4O4S/c1-9-6-12(7-15(10(9)2)26(18,24)25)17(23)21-5-4-13-14(8-21)19-11(3)20-16(13)22/h6-7H,4-5,8H2,1-3H3,(H2,18,24,25)(H,19,20,22). The highest BCUT2D eigenvalue weighted by molar-refractivity contribution is 7.89. The van der Waals surface area contributed by atoms with E-state index in [1.807, 2.05) is 0 Å². The van der Waals surface area contributed by atoms with E-state index in [0.29, 0.717) is 41.2 Å². The zero-order chi connectivity index (χ0) is 19.2. The fourth-order valence-electron chi connectivity index (χ4n) is 3.17. The van der Waals surface area contributed by atoms with E-state index in [2.05, 4.69) is 9.97 Å². The molecule has 0 atom stereocenters. The molecule has 138 valence electrons. The molecule has 3 rings (SSSR count). The van der Waals surface area contributed by atoms with Crippen LogP contribution < -0.4 is 10.7 Å². The van der Waals surface area contributed by atoms with Crippen molar-refractivity contribution in [2.24, 2.45) is 5.14 Å². The summed E-state index contributed by atoms with van der Waals surface area (Å²) in [5.41, 5.74) is 2.43. The highest BCUT2D eigenvalue weighted by Gasteiger charge is 2.26. The van der Waals surface area contributed by atoms with Gasteiger partial charge in [0, 0.05) is 17.7 Å². The number of carbonyl (C=O) groups excluding carboxylic acids is 1. The molecular weight excluding hydrogens is 356 g/mol. The molecule has 0 unspecified atom stereocenters. The summed E-state index contributed by atoms with van der Waals surface area (Å²) in [7, 11) is -3.93. The molecule has 2 heterocycles. The smallest absolute Gasteiger partial charge is 0.254 e. The van der Waals surface area contributed by atoms with Crippen molar-refractivity contribution in [3.8, 4) is 0 Å². The fourth-order valence-corrected chi connectivity index (χ4v) is 4.04. The number of primary sulfonamides is 1. The van der Waals surface area contributed by atoms with Crippen LogP contribution in [0.25, 0.3) is 0 Å². The summed E-state index contributed by atoms with van der Waals surface area (Å²) in [6.07, 6.45) is 0.399. The van der Waals surface area contributed by atoms with Gasteiger partial charge in [-0.2, -0.15) is 0 Å². The first kappa shape index (κ1) is 18.3. The fraction of sp³-hybridized carbons (Fsp3) is 0.353. The van der Waals surface area contributed by atoms with Gasteiger partial charge in [0.25, 0.3) is 11.5 Å². The lowest BCUT2D eigenvalue weighted by Gasteiger charge is -2.28. The maximum absolute atomic E-state index is 12.9. The number of aromatic amines is 1. The van der Waals surface area contributed by atoms with Crippen molar-refractivity contribution >= 4 is 15.9 Å². The Balaban J connectivity index is 1.98. The Morgan fingerprint density at radius 3 is 2.62 bits per heavy atom. The minimum absolute atomic E-state index is 0.0522. The van der Waals surface area contributed by atoms with E-state index in [0.717, 1.165) is 0 Å². The Bertz CT molecular complexity index is 1070. The van der Waals surface area contributed by atoms with Crippen LogP contribution in [0.4, 0.5) is 0 Å². The lowest BCUT2D eigenvalue weighted by atomic mass is 10.0. The van der Waals surface area contributed by atoms with Gasteiger partial charge in [-0.15, -0.1) is 0 Å². The summed E-state index contributed by atoms with van der Waals surface area (Å²) in [5, 5.41) is 5.27. The van der Waals surface area contributed by atoms with Crippen LogP contribution in [0.15, 0.2) is 21.8 Å². The molecule has 0 aliphatic carbocycles.